The normalized spacial score (nSPS) is 10.1. The number of methoxy groups -OCH3 is 1. The van der Waals surface area contributed by atoms with Crippen molar-refractivity contribution >= 4 is 12.6 Å². The zero-order chi connectivity index (χ0) is 12.3. The summed E-state index contributed by atoms with van der Waals surface area (Å²) in [6.45, 7) is 0. The lowest BCUT2D eigenvalue weighted by atomic mass is 9.75. The summed E-state index contributed by atoms with van der Waals surface area (Å²) in [6, 6.07) is 14.7. The van der Waals surface area contributed by atoms with Crippen molar-refractivity contribution < 1.29 is 14.8 Å². The molecule has 2 aromatic rings. The van der Waals surface area contributed by atoms with Gasteiger partial charge < -0.3 is 14.8 Å². The molecule has 0 unspecified atom stereocenters. The third-order valence-electron chi connectivity index (χ3n) is 2.62. The maximum Gasteiger partial charge on any atom is 0.489 e. The topological polar surface area (TPSA) is 49.7 Å². The molecule has 3 nitrogen and oxygen atoms in total. The minimum absolute atomic E-state index is 0.487. The van der Waals surface area contributed by atoms with E-state index < -0.39 is 7.12 Å². The van der Waals surface area contributed by atoms with Gasteiger partial charge in [-0.25, -0.2) is 0 Å². The predicted octanol–water partition coefficient (Wildman–Crippen LogP) is 1.04. The van der Waals surface area contributed by atoms with E-state index in [4.69, 9.17) is 4.74 Å². The lowest BCUT2D eigenvalue weighted by molar-refractivity contribution is 0.415. The molecule has 0 bridgehead atoms. The maximum absolute atomic E-state index is 9.32. The third kappa shape index (κ3) is 2.49. The minimum atomic E-state index is -1.47. The molecule has 86 valence electrons. The van der Waals surface area contributed by atoms with E-state index in [2.05, 4.69) is 0 Å². The second-order valence-electron chi connectivity index (χ2n) is 3.69. The Morgan fingerprint density at radius 3 is 2.47 bits per heavy atom. The van der Waals surface area contributed by atoms with Gasteiger partial charge >= 0.3 is 7.12 Å². The van der Waals surface area contributed by atoms with Gasteiger partial charge in [0.05, 0.1) is 7.11 Å². The average molecular weight is 228 g/mol. The van der Waals surface area contributed by atoms with Gasteiger partial charge in [0.25, 0.3) is 0 Å². The Labute approximate surface area is 100 Å². The van der Waals surface area contributed by atoms with Crippen molar-refractivity contribution in [2.24, 2.45) is 0 Å². The van der Waals surface area contributed by atoms with E-state index in [0.29, 0.717) is 5.46 Å². The van der Waals surface area contributed by atoms with Crippen LogP contribution in [0.25, 0.3) is 11.1 Å². The maximum atomic E-state index is 9.32. The summed E-state index contributed by atoms with van der Waals surface area (Å²) >= 11 is 0. The van der Waals surface area contributed by atoms with E-state index in [-0.39, 0.29) is 0 Å². The van der Waals surface area contributed by atoms with E-state index in [1.165, 1.54) is 0 Å². The van der Waals surface area contributed by atoms with Gasteiger partial charge in [0, 0.05) is 0 Å². The van der Waals surface area contributed by atoms with E-state index in [9.17, 15) is 10.0 Å². The van der Waals surface area contributed by atoms with Crippen LogP contribution >= 0.6 is 0 Å². The highest BCUT2D eigenvalue weighted by Gasteiger charge is 2.16. The summed E-state index contributed by atoms with van der Waals surface area (Å²) in [6.07, 6.45) is 0. The van der Waals surface area contributed by atoms with Gasteiger partial charge in [0.15, 0.2) is 0 Å². The van der Waals surface area contributed by atoms with Gasteiger partial charge in [-0.1, -0.05) is 36.4 Å². The first kappa shape index (κ1) is 11.7. The molecule has 0 saturated heterocycles. The quantitative estimate of drug-likeness (QED) is 0.771. The zero-order valence-corrected chi connectivity index (χ0v) is 9.50. The van der Waals surface area contributed by atoms with Gasteiger partial charge in [-0.3, -0.25) is 0 Å². The molecule has 4 heteroatoms. The average Bonchev–Trinajstić information content (AvgIpc) is 2.39. The number of hydrogen-bond donors (Lipinski definition) is 2. The molecule has 0 saturated carbocycles. The smallest absolute Gasteiger partial charge is 0.489 e. The van der Waals surface area contributed by atoms with Crippen molar-refractivity contribution in [3.63, 3.8) is 0 Å². The fourth-order valence-corrected chi connectivity index (χ4v) is 1.78. The fourth-order valence-electron chi connectivity index (χ4n) is 1.78. The molecule has 2 aromatic carbocycles. The Balaban J connectivity index is 2.52. The summed E-state index contributed by atoms with van der Waals surface area (Å²) in [4.78, 5) is 0. The number of hydrogen-bond acceptors (Lipinski definition) is 3. The van der Waals surface area contributed by atoms with Gasteiger partial charge in [0.2, 0.25) is 0 Å². The fraction of sp³-hybridized carbons (Fsp3) is 0.0769. The van der Waals surface area contributed by atoms with Crippen molar-refractivity contribution in [3.8, 4) is 16.9 Å². The molecule has 0 aliphatic heterocycles. The van der Waals surface area contributed by atoms with Crippen LogP contribution in [-0.4, -0.2) is 24.3 Å². The molecule has 0 heterocycles. The summed E-state index contributed by atoms with van der Waals surface area (Å²) in [5, 5.41) is 18.6. The molecule has 0 fully saturated rings. The van der Waals surface area contributed by atoms with E-state index >= 15 is 0 Å². The molecule has 2 rings (SSSR count). The summed E-state index contributed by atoms with van der Waals surface area (Å²) in [5.74, 6) is 0.740. The second kappa shape index (κ2) is 5.04. The third-order valence-corrected chi connectivity index (χ3v) is 2.62. The van der Waals surface area contributed by atoms with E-state index in [0.717, 1.165) is 16.9 Å². The van der Waals surface area contributed by atoms with E-state index in [1.807, 2.05) is 36.4 Å². The Morgan fingerprint density at radius 1 is 1.00 bits per heavy atom. The molecule has 17 heavy (non-hydrogen) atoms. The molecule has 0 aliphatic carbocycles. The molecule has 0 amide bonds. The second-order valence-corrected chi connectivity index (χ2v) is 3.69. The molecular formula is C13H13BO3. The largest absolute Gasteiger partial charge is 0.497 e. The number of rotatable bonds is 3. The SMILES string of the molecule is COc1cccc(-c2ccccc2B(O)O)c1. The van der Waals surface area contributed by atoms with Crippen LogP contribution in [-0.2, 0) is 0 Å². The van der Waals surface area contributed by atoms with Crippen LogP contribution in [0.4, 0.5) is 0 Å². The van der Waals surface area contributed by atoms with Crippen molar-refractivity contribution in [1.82, 2.24) is 0 Å². The molecule has 2 N–H and O–H groups in total. The van der Waals surface area contributed by atoms with Gasteiger partial charge in [-0.2, -0.15) is 0 Å². The van der Waals surface area contributed by atoms with Crippen LogP contribution in [0.2, 0.25) is 0 Å². The predicted molar refractivity (Wildman–Crippen MR) is 68.3 cm³/mol. The number of benzene rings is 2. The lowest BCUT2D eigenvalue weighted by Gasteiger charge is -2.09. The van der Waals surface area contributed by atoms with Gasteiger partial charge in [-0.05, 0) is 28.7 Å². The molecule has 0 radical (unpaired) electrons. The Hall–Kier alpha value is -1.78. The van der Waals surface area contributed by atoms with Gasteiger partial charge in [0.1, 0.15) is 5.75 Å². The van der Waals surface area contributed by atoms with Crippen molar-refractivity contribution in [2.45, 2.75) is 0 Å². The van der Waals surface area contributed by atoms with E-state index in [1.54, 1.807) is 19.2 Å². The standard InChI is InChI=1S/C13H13BO3/c1-17-11-6-4-5-10(9-11)12-7-2-3-8-13(12)14(15)16/h2-9,15-16H,1H3. The van der Waals surface area contributed by atoms with Crippen molar-refractivity contribution in [3.05, 3.63) is 48.5 Å². The highest BCUT2D eigenvalue weighted by molar-refractivity contribution is 6.60. The molecule has 0 aliphatic rings. The van der Waals surface area contributed by atoms with Crippen LogP contribution in [0, 0.1) is 0 Å². The van der Waals surface area contributed by atoms with Crippen LogP contribution in [0.5, 0.6) is 5.75 Å². The zero-order valence-electron chi connectivity index (χ0n) is 9.50. The summed E-state index contributed by atoms with van der Waals surface area (Å²) in [5.41, 5.74) is 2.18. The summed E-state index contributed by atoms with van der Waals surface area (Å²) in [7, 11) is 0.128. The summed E-state index contributed by atoms with van der Waals surface area (Å²) < 4.78 is 5.15. The Bertz CT molecular complexity index is 512. The first-order chi connectivity index (χ1) is 8.22. The molecule has 0 atom stereocenters. The Kier molecular flexibility index (Phi) is 3.47. The minimum Gasteiger partial charge on any atom is -0.497 e. The first-order valence-corrected chi connectivity index (χ1v) is 5.32. The number of ether oxygens (including phenoxy) is 1. The van der Waals surface area contributed by atoms with Crippen LogP contribution in [0.3, 0.4) is 0 Å². The Morgan fingerprint density at radius 2 is 1.76 bits per heavy atom. The lowest BCUT2D eigenvalue weighted by Crippen LogP contribution is -2.31. The van der Waals surface area contributed by atoms with Crippen LogP contribution in [0.1, 0.15) is 0 Å². The highest BCUT2D eigenvalue weighted by Crippen LogP contribution is 2.22. The highest BCUT2D eigenvalue weighted by atomic mass is 16.5. The monoisotopic (exact) mass is 228 g/mol. The molecule has 0 aromatic heterocycles. The van der Waals surface area contributed by atoms with Crippen molar-refractivity contribution in [1.29, 1.82) is 0 Å². The van der Waals surface area contributed by atoms with Crippen LogP contribution < -0.4 is 10.2 Å². The molecule has 0 spiro atoms. The van der Waals surface area contributed by atoms with Crippen LogP contribution in [0.15, 0.2) is 48.5 Å². The first-order valence-electron chi connectivity index (χ1n) is 5.32. The van der Waals surface area contributed by atoms with Crippen molar-refractivity contribution in [2.75, 3.05) is 7.11 Å². The molecular weight excluding hydrogens is 215 g/mol. The van der Waals surface area contributed by atoms with Gasteiger partial charge in [-0.15, -0.1) is 0 Å².